The monoisotopic (exact) mass is 476 g/mol. The van der Waals surface area contributed by atoms with Crippen molar-refractivity contribution in [1.82, 2.24) is 24.1 Å². The van der Waals surface area contributed by atoms with Gasteiger partial charge >= 0.3 is 0 Å². The van der Waals surface area contributed by atoms with Gasteiger partial charge in [0.25, 0.3) is 0 Å². The van der Waals surface area contributed by atoms with Gasteiger partial charge in [0.15, 0.2) is 5.65 Å². The summed E-state index contributed by atoms with van der Waals surface area (Å²) in [6, 6.07) is 11.9. The molecule has 0 saturated carbocycles. The van der Waals surface area contributed by atoms with Crippen LogP contribution >= 0.6 is 12.2 Å². The van der Waals surface area contributed by atoms with Crippen LogP contribution in [0.25, 0.3) is 16.6 Å². The Morgan fingerprint density at radius 2 is 1.97 bits per heavy atom. The predicted molar refractivity (Wildman–Crippen MR) is 135 cm³/mol. The number of carbonyl (C=O) groups excluding carboxylic acids is 1. The van der Waals surface area contributed by atoms with Crippen LogP contribution in [0.1, 0.15) is 24.0 Å². The number of carbonyl (C=O) groups is 1. The maximum absolute atomic E-state index is 12.7. The lowest BCUT2D eigenvalue weighted by Crippen LogP contribution is -2.39. The summed E-state index contributed by atoms with van der Waals surface area (Å²) < 4.78 is 9.97. The molecule has 0 spiro atoms. The third-order valence-corrected chi connectivity index (χ3v) is 6.93. The Kier molecular flexibility index (Phi) is 6.05. The van der Waals surface area contributed by atoms with Gasteiger partial charge in [0.2, 0.25) is 10.7 Å². The molecule has 1 saturated heterocycles. The van der Waals surface area contributed by atoms with Gasteiger partial charge in [0.1, 0.15) is 11.6 Å². The Balaban J connectivity index is 1.30. The van der Waals surface area contributed by atoms with Crippen LogP contribution < -0.4 is 10.1 Å². The maximum atomic E-state index is 12.7. The molecule has 1 aliphatic heterocycles. The molecule has 9 heteroatoms. The van der Waals surface area contributed by atoms with Gasteiger partial charge in [0, 0.05) is 36.7 Å². The molecule has 0 atom stereocenters. The minimum Gasteiger partial charge on any atom is -0.497 e. The summed E-state index contributed by atoms with van der Waals surface area (Å²) in [6.07, 6.45) is 3.34. The molecule has 4 heterocycles. The molecule has 3 aromatic heterocycles. The van der Waals surface area contributed by atoms with E-state index in [1.54, 1.807) is 13.3 Å². The van der Waals surface area contributed by atoms with Gasteiger partial charge in [0.05, 0.1) is 19.3 Å². The maximum Gasteiger partial charge on any atom is 0.228 e. The van der Waals surface area contributed by atoms with Crippen molar-refractivity contribution in [3.8, 4) is 5.75 Å². The molecule has 1 fully saturated rings. The molecular formula is C25H28N6O2S. The average molecular weight is 477 g/mol. The summed E-state index contributed by atoms with van der Waals surface area (Å²) in [5, 5.41) is 8.86. The molecule has 0 aliphatic carbocycles. The summed E-state index contributed by atoms with van der Waals surface area (Å²) in [5.41, 5.74) is 4.03. The molecule has 0 unspecified atom stereocenters. The van der Waals surface area contributed by atoms with Crippen LogP contribution in [-0.4, -0.2) is 50.2 Å². The van der Waals surface area contributed by atoms with E-state index in [2.05, 4.69) is 34.3 Å². The Hall–Kier alpha value is -3.30. The lowest BCUT2D eigenvalue weighted by Gasteiger charge is -2.30. The Labute approximate surface area is 203 Å². The highest BCUT2D eigenvalue weighted by molar-refractivity contribution is 7.71. The normalized spacial score (nSPS) is 15.1. The van der Waals surface area contributed by atoms with Gasteiger partial charge in [-0.1, -0.05) is 6.07 Å². The van der Waals surface area contributed by atoms with Crippen LogP contribution in [0, 0.1) is 24.5 Å². The van der Waals surface area contributed by atoms with E-state index in [1.807, 2.05) is 40.3 Å². The Morgan fingerprint density at radius 3 is 2.68 bits per heavy atom. The van der Waals surface area contributed by atoms with E-state index in [0.717, 1.165) is 59.4 Å². The SMILES string of the molecule is COc1ccc2c(C)cc3nn(CN4CCC(C(=O)Nc5ccc(C)cn5)CC4)c(=S)n3c2c1. The van der Waals surface area contributed by atoms with Crippen LogP contribution in [0.3, 0.4) is 0 Å². The molecule has 4 aromatic rings. The number of rotatable bonds is 5. The first-order valence-corrected chi connectivity index (χ1v) is 11.9. The number of likely N-dealkylation sites (tertiary alicyclic amines) is 1. The van der Waals surface area contributed by atoms with Crippen molar-refractivity contribution in [2.75, 3.05) is 25.5 Å². The van der Waals surface area contributed by atoms with Crippen molar-refractivity contribution in [1.29, 1.82) is 0 Å². The first kappa shape index (κ1) is 22.5. The van der Waals surface area contributed by atoms with Crippen LogP contribution in [0.5, 0.6) is 5.75 Å². The van der Waals surface area contributed by atoms with Gasteiger partial charge in [-0.15, -0.1) is 0 Å². The zero-order chi connectivity index (χ0) is 23.8. The quantitative estimate of drug-likeness (QED) is 0.432. The molecule has 1 N–H and O–H groups in total. The second-order valence-electron chi connectivity index (χ2n) is 8.93. The van der Waals surface area contributed by atoms with E-state index in [-0.39, 0.29) is 11.8 Å². The van der Waals surface area contributed by atoms with Crippen LogP contribution in [0.15, 0.2) is 42.6 Å². The van der Waals surface area contributed by atoms with E-state index < -0.39 is 0 Å². The summed E-state index contributed by atoms with van der Waals surface area (Å²) >= 11 is 5.82. The minimum absolute atomic E-state index is 0.0209. The third kappa shape index (κ3) is 4.28. The van der Waals surface area contributed by atoms with Crippen molar-refractivity contribution < 1.29 is 9.53 Å². The number of aromatic nitrogens is 4. The van der Waals surface area contributed by atoms with Crippen molar-refractivity contribution in [3.63, 3.8) is 0 Å². The number of methoxy groups -OCH3 is 1. The number of fused-ring (bicyclic) bond motifs is 3. The zero-order valence-electron chi connectivity index (χ0n) is 19.6. The molecule has 34 heavy (non-hydrogen) atoms. The Bertz CT molecular complexity index is 1420. The van der Waals surface area contributed by atoms with Gasteiger partial charge < -0.3 is 10.1 Å². The van der Waals surface area contributed by atoms with Crippen LogP contribution in [0.4, 0.5) is 5.82 Å². The van der Waals surface area contributed by atoms with E-state index in [4.69, 9.17) is 22.1 Å². The van der Waals surface area contributed by atoms with E-state index >= 15 is 0 Å². The number of aryl methyl sites for hydroxylation is 2. The number of hydrogen-bond acceptors (Lipinski definition) is 6. The topological polar surface area (TPSA) is 76.7 Å². The first-order chi connectivity index (χ1) is 16.4. The number of nitrogens with one attached hydrogen (secondary N) is 1. The van der Waals surface area contributed by atoms with Crippen molar-refractivity contribution in [3.05, 3.63) is 58.5 Å². The summed E-state index contributed by atoms with van der Waals surface area (Å²) in [5.74, 6) is 1.41. The number of amides is 1. The van der Waals surface area contributed by atoms with Crippen LogP contribution in [-0.2, 0) is 11.5 Å². The number of hydrogen-bond donors (Lipinski definition) is 1. The summed E-state index contributed by atoms with van der Waals surface area (Å²) in [7, 11) is 1.66. The predicted octanol–water partition coefficient (Wildman–Crippen LogP) is 4.35. The van der Waals surface area contributed by atoms with Gasteiger partial charge in [-0.2, -0.15) is 5.10 Å². The zero-order valence-corrected chi connectivity index (χ0v) is 20.4. The number of pyridine rings is 2. The fourth-order valence-electron chi connectivity index (χ4n) is 4.56. The lowest BCUT2D eigenvalue weighted by molar-refractivity contribution is -0.121. The molecule has 8 nitrogen and oxygen atoms in total. The molecule has 1 aliphatic rings. The molecule has 0 radical (unpaired) electrons. The molecular weight excluding hydrogens is 448 g/mol. The number of piperidine rings is 1. The van der Waals surface area contributed by atoms with E-state index in [1.165, 1.54) is 0 Å². The van der Waals surface area contributed by atoms with E-state index in [0.29, 0.717) is 17.3 Å². The fraction of sp³-hybridized carbons (Fsp3) is 0.360. The largest absolute Gasteiger partial charge is 0.497 e. The van der Waals surface area contributed by atoms with Crippen molar-refractivity contribution >= 4 is 40.5 Å². The van der Waals surface area contributed by atoms with Gasteiger partial charge in [-0.05, 0) is 74.3 Å². The second kappa shape index (κ2) is 9.15. The highest BCUT2D eigenvalue weighted by Crippen LogP contribution is 2.26. The number of benzene rings is 1. The average Bonchev–Trinajstić information content (AvgIpc) is 3.15. The second-order valence-corrected chi connectivity index (χ2v) is 9.30. The van der Waals surface area contributed by atoms with Gasteiger partial charge in [-0.3, -0.25) is 14.1 Å². The number of nitrogens with zero attached hydrogens (tertiary/aromatic N) is 5. The van der Waals surface area contributed by atoms with Gasteiger partial charge in [-0.25, -0.2) is 9.67 Å². The number of ether oxygens (including phenoxy) is 1. The molecule has 1 aromatic carbocycles. The van der Waals surface area contributed by atoms with E-state index in [9.17, 15) is 4.79 Å². The van der Waals surface area contributed by atoms with Crippen molar-refractivity contribution in [2.24, 2.45) is 5.92 Å². The standard InChI is InChI=1S/C25H28N6O2S/c1-16-4-7-22(26-14-16)27-24(32)18-8-10-29(11-9-18)15-30-25(34)31-21-13-19(33-3)5-6-20(21)17(2)12-23(31)28-30/h4-7,12-14,18H,8-11,15H2,1-3H3,(H,26,27,32). The molecule has 176 valence electrons. The fourth-order valence-corrected chi connectivity index (χ4v) is 4.85. The highest BCUT2D eigenvalue weighted by Gasteiger charge is 2.26. The van der Waals surface area contributed by atoms with Crippen molar-refractivity contribution in [2.45, 2.75) is 33.4 Å². The third-order valence-electron chi connectivity index (χ3n) is 6.54. The summed E-state index contributed by atoms with van der Waals surface area (Å²) in [4.78, 5) is 19.3. The Morgan fingerprint density at radius 1 is 1.18 bits per heavy atom. The summed E-state index contributed by atoms with van der Waals surface area (Å²) in [6.45, 7) is 6.27. The molecule has 5 rings (SSSR count). The molecule has 1 amide bonds. The minimum atomic E-state index is -0.0209. The lowest BCUT2D eigenvalue weighted by atomic mass is 9.96. The molecule has 0 bridgehead atoms. The smallest absolute Gasteiger partial charge is 0.228 e. The first-order valence-electron chi connectivity index (χ1n) is 11.5. The highest BCUT2D eigenvalue weighted by atomic mass is 32.1. The number of anilines is 1. The van der Waals surface area contributed by atoms with Crippen LogP contribution in [0.2, 0.25) is 0 Å².